The first-order valence-electron chi connectivity index (χ1n) is 5.72. The number of rotatable bonds is 7. The zero-order valence-electron chi connectivity index (χ0n) is 9.99. The van der Waals surface area contributed by atoms with Crippen molar-refractivity contribution in [1.29, 1.82) is 0 Å². The molecule has 0 aliphatic rings. The molecule has 3 nitrogen and oxygen atoms in total. The summed E-state index contributed by atoms with van der Waals surface area (Å²) in [6.45, 7) is 5.24. The van der Waals surface area contributed by atoms with Gasteiger partial charge in [0.05, 0.1) is 6.54 Å². The van der Waals surface area contributed by atoms with E-state index in [-0.39, 0.29) is 5.78 Å². The van der Waals surface area contributed by atoms with Crippen LogP contribution in [0.1, 0.15) is 20.3 Å². The Morgan fingerprint density at radius 1 is 1.25 bits per heavy atom. The van der Waals surface area contributed by atoms with Crippen LogP contribution in [0.15, 0.2) is 30.3 Å². The largest absolute Gasteiger partial charge is 0.385 e. The number of hydrogen-bond acceptors (Lipinski definition) is 3. The van der Waals surface area contributed by atoms with Gasteiger partial charge in [-0.3, -0.25) is 4.79 Å². The Hall–Kier alpha value is -1.35. The van der Waals surface area contributed by atoms with Crippen molar-refractivity contribution < 1.29 is 4.79 Å². The summed E-state index contributed by atoms with van der Waals surface area (Å²) in [5.41, 5.74) is 1.06. The van der Waals surface area contributed by atoms with Crippen LogP contribution in [0.5, 0.6) is 0 Å². The third-order valence-corrected chi connectivity index (χ3v) is 2.21. The highest BCUT2D eigenvalue weighted by Crippen LogP contribution is 2.04. The smallest absolute Gasteiger partial charge is 0.148 e. The molecule has 0 fully saturated rings. The molecule has 0 unspecified atom stereocenters. The Balaban J connectivity index is 2.13. The van der Waals surface area contributed by atoms with Gasteiger partial charge in [0, 0.05) is 24.7 Å². The van der Waals surface area contributed by atoms with E-state index in [0.29, 0.717) is 25.6 Å². The predicted octanol–water partition coefficient (Wildman–Crippen LogP) is 2.06. The van der Waals surface area contributed by atoms with Gasteiger partial charge in [0.25, 0.3) is 0 Å². The van der Waals surface area contributed by atoms with E-state index in [9.17, 15) is 4.79 Å². The fourth-order valence-electron chi connectivity index (χ4n) is 1.31. The topological polar surface area (TPSA) is 41.1 Å². The molecule has 0 amide bonds. The second-order valence-electron chi connectivity index (χ2n) is 4.12. The molecule has 1 rings (SSSR count). The Morgan fingerprint density at radius 2 is 1.94 bits per heavy atom. The van der Waals surface area contributed by atoms with Gasteiger partial charge in [-0.05, 0) is 12.1 Å². The van der Waals surface area contributed by atoms with Gasteiger partial charge in [0.2, 0.25) is 0 Å². The van der Waals surface area contributed by atoms with Crippen LogP contribution >= 0.6 is 0 Å². The van der Waals surface area contributed by atoms with Gasteiger partial charge in [-0.25, -0.2) is 0 Å². The first-order valence-corrected chi connectivity index (χ1v) is 5.72. The van der Waals surface area contributed by atoms with Gasteiger partial charge >= 0.3 is 0 Å². The fourth-order valence-corrected chi connectivity index (χ4v) is 1.31. The summed E-state index contributed by atoms with van der Waals surface area (Å²) in [6.07, 6.45) is 0.564. The molecule has 0 radical (unpaired) electrons. The second kappa shape index (κ2) is 7.01. The fraction of sp³-hybridized carbons (Fsp3) is 0.462. The summed E-state index contributed by atoms with van der Waals surface area (Å²) in [5.74, 6) is 0.247. The highest BCUT2D eigenvalue weighted by Gasteiger charge is 2.02. The summed E-state index contributed by atoms with van der Waals surface area (Å²) in [5, 5.41) is 6.33. The molecule has 0 spiro atoms. The van der Waals surface area contributed by atoms with Gasteiger partial charge in [-0.15, -0.1) is 0 Å². The molecular weight excluding hydrogens is 200 g/mol. The van der Waals surface area contributed by atoms with Crippen molar-refractivity contribution in [2.45, 2.75) is 26.3 Å². The standard InChI is InChI=1S/C13H20N2O/c1-11(2)15-10-13(16)8-9-14-12-6-4-3-5-7-12/h3-7,11,14-15H,8-10H2,1-2H3. The number of benzene rings is 1. The summed E-state index contributed by atoms with van der Waals surface area (Å²) >= 11 is 0. The molecule has 0 saturated heterocycles. The third kappa shape index (κ3) is 5.51. The van der Waals surface area contributed by atoms with Crippen molar-refractivity contribution in [3.05, 3.63) is 30.3 Å². The molecule has 3 heteroatoms. The number of para-hydroxylation sites is 1. The van der Waals surface area contributed by atoms with Crippen molar-refractivity contribution in [2.75, 3.05) is 18.4 Å². The molecule has 88 valence electrons. The van der Waals surface area contributed by atoms with E-state index in [1.165, 1.54) is 0 Å². The van der Waals surface area contributed by atoms with Gasteiger partial charge in [-0.2, -0.15) is 0 Å². The van der Waals surface area contributed by atoms with Crippen molar-refractivity contribution >= 4 is 11.5 Å². The quantitative estimate of drug-likeness (QED) is 0.739. The summed E-state index contributed by atoms with van der Waals surface area (Å²) in [7, 11) is 0. The summed E-state index contributed by atoms with van der Waals surface area (Å²) < 4.78 is 0. The average molecular weight is 220 g/mol. The molecule has 0 bridgehead atoms. The minimum absolute atomic E-state index is 0.247. The van der Waals surface area contributed by atoms with Crippen molar-refractivity contribution in [2.24, 2.45) is 0 Å². The average Bonchev–Trinajstić information content (AvgIpc) is 2.28. The van der Waals surface area contributed by atoms with Crippen LogP contribution in [0.4, 0.5) is 5.69 Å². The van der Waals surface area contributed by atoms with Gasteiger partial charge in [0.1, 0.15) is 5.78 Å². The lowest BCUT2D eigenvalue weighted by Crippen LogP contribution is -2.29. The van der Waals surface area contributed by atoms with E-state index in [1.54, 1.807) is 0 Å². The van der Waals surface area contributed by atoms with Crippen LogP contribution < -0.4 is 10.6 Å². The lowest BCUT2D eigenvalue weighted by atomic mass is 10.2. The van der Waals surface area contributed by atoms with Crippen LogP contribution in [0.25, 0.3) is 0 Å². The molecule has 1 aromatic carbocycles. The highest BCUT2D eigenvalue weighted by atomic mass is 16.1. The number of ketones is 1. The monoisotopic (exact) mass is 220 g/mol. The summed E-state index contributed by atoms with van der Waals surface area (Å²) in [4.78, 5) is 11.4. The summed E-state index contributed by atoms with van der Waals surface area (Å²) in [6, 6.07) is 10.3. The molecule has 0 aliphatic heterocycles. The Labute approximate surface area is 97.2 Å². The van der Waals surface area contributed by atoms with Crippen LogP contribution in [0, 0.1) is 0 Å². The Kier molecular flexibility index (Phi) is 5.57. The molecular formula is C13H20N2O. The van der Waals surface area contributed by atoms with Crippen LogP contribution in [0.2, 0.25) is 0 Å². The normalized spacial score (nSPS) is 10.4. The van der Waals surface area contributed by atoms with Crippen LogP contribution in [0.3, 0.4) is 0 Å². The second-order valence-corrected chi connectivity index (χ2v) is 4.12. The predicted molar refractivity (Wildman–Crippen MR) is 67.7 cm³/mol. The molecule has 0 heterocycles. The molecule has 16 heavy (non-hydrogen) atoms. The van der Waals surface area contributed by atoms with Crippen molar-refractivity contribution in [1.82, 2.24) is 5.32 Å². The molecule has 0 aliphatic carbocycles. The van der Waals surface area contributed by atoms with Gasteiger partial charge in [0.15, 0.2) is 0 Å². The van der Waals surface area contributed by atoms with Gasteiger partial charge in [-0.1, -0.05) is 32.0 Å². The lowest BCUT2D eigenvalue weighted by molar-refractivity contribution is -0.118. The molecule has 0 saturated carbocycles. The zero-order chi connectivity index (χ0) is 11.8. The minimum Gasteiger partial charge on any atom is -0.385 e. The molecule has 0 atom stereocenters. The Bertz CT molecular complexity index is 309. The van der Waals surface area contributed by atoms with E-state index in [1.807, 2.05) is 44.2 Å². The maximum Gasteiger partial charge on any atom is 0.148 e. The van der Waals surface area contributed by atoms with Crippen LogP contribution in [-0.2, 0) is 4.79 Å². The van der Waals surface area contributed by atoms with E-state index in [2.05, 4.69) is 10.6 Å². The Morgan fingerprint density at radius 3 is 2.56 bits per heavy atom. The maximum absolute atomic E-state index is 11.4. The zero-order valence-corrected chi connectivity index (χ0v) is 9.99. The van der Waals surface area contributed by atoms with E-state index < -0.39 is 0 Å². The third-order valence-electron chi connectivity index (χ3n) is 2.21. The molecule has 1 aromatic rings. The van der Waals surface area contributed by atoms with Gasteiger partial charge < -0.3 is 10.6 Å². The highest BCUT2D eigenvalue weighted by molar-refractivity contribution is 5.80. The van der Waals surface area contributed by atoms with E-state index in [0.717, 1.165) is 5.69 Å². The number of Topliss-reactive ketones (excluding diaryl/α,β-unsaturated/α-hetero) is 1. The lowest BCUT2D eigenvalue weighted by Gasteiger charge is -2.08. The van der Waals surface area contributed by atoms with E-state index >= 15 is 0 Å². The first-order chi connectivity index (χ1) is 7.68. The number of carbonyl (C=O) groups excluding carboxylic acids is 1. The maximum atomic E-state index is 11.4. The van der Waals surface area contributed by atoms with Crippen LogP contribution in [-0.4, -0.2) is 24.9 Å². The number of carbonyl (C=O) groups is 1. The number of nitrogens with one attached hydrogen (secondary N) is 2. The number of hydrogen-bond donors (Lipinski definition) is 2. The van der Waals surface area contributed by atoms with Crippen molar-refractivity contribution in [3.8, 4) is 0 Å². The van der Waals surface area contributed by atoms with E-state index in [4.69, 9.17) is 0 Å². The first kappa shape index (κ1) is 12.7. The number of anilines is 1. The molecule has 2 N–H and O–H groups in total. The molecule has 0 aromatic heterocycles. The van der Waals surface area contributed by atoms with Crippen molar-refractivity contribution in [3.63, 3.8) is 0 Å². The SMILES string of the molecule is CC(C)NCC(=O)CCNc1ccccc1. The minimum atomic E-state index is 0.247.